The number of carbonyl (C=O) groups excluding carboxylic acids is 3. The summed E-state index contributed by atoms with van der Waals surface area (Å²) in [6.07, 6.45) is 0.323. The number of nitrogens with zero attached hydrogens (tertiary/aromatic N) is 3. The Hall–Kier alpha value is -4.15. The monoisotopic (exact) mass is 649 g/mol. The number of benzene rings is 2. The van der Waals surface area contributed by atoms with Crippen molar-refractivity contribution in [3.63, 3.8) is 0 Å². The lowest BCUT2D eigenvalue weighted by Gasteiger charge is -2.62. The standard InChI is InChI=1S/C33H35N3O9S/c1-13-7-18-8-19-20(9-34)36-21-10-42-33(40)14(2)11-46-32(26(36)25(35(19)16(4)37)22(18)27(39)28(13)41-6)24-23(21)31-30(43-12-44-31)15(3)29(24)45-17(5)38/h7,14,19-21,25-26,32,39H,8,10-12H2,1-6H3/t14?,19-,20+,21?,25+,26?,32-/m1/s1. The van der Waals surface area contributed by atoms with Crippen LogP contribution in [0, 0.1) is 31.1 Å². The van der Waals surface area contributed by atoms with Crippen molar-refractivity contribution in [1.82, 2.24) is 9.80 Å². The summed E-state index contributed by atoms with van der Waals surface area (Å²) in [5.74, 6) is 0.223. The topological polar surface area (TPSA) is 148 Å². The first-order valence-electron chi connectivity index (χ1n) is 15.3. The number of thioether (sulfide) groups is 1. The average Bonchev–Trinajstić information content (AvgIpc) is 3.50. The van der Waals surface area contributed by atoms with E-state index in [2.05, 4.69) is 6.07 Å². The molecule has 7 atom stereocenters. The van der Waals surface area contributed by atoms with Crippen LogP contribution in [0.25, 0.3) is 0 Å². The first-order valence-corrected chi connectivity index (χ1v) is 16.3. The molecule has 2 fully saturated rings. The van der Waals surface area contributed by atoms with Crippen LogP contribution in [0.5, 0.6) is 28.7 Å². The van der Waals surface area contributed by atoms with Gasteiger partial charge in [0.25, 0.3) is 0 Å². The van der Waals surface area contributed by atoms with Crippen molar-refractivity contribution < 1.29 is 43.2 Å². The van der Waals surface area contributed by atoms with Gasteiger partial charge in [-0.3, -0.25) is 19.3 Å². The van der Waals surface area contributed by atoms with Gasteiger partial charge < -0.3 is 33.7 Å². The van der Waals surface area contributed by atoms with Crippen LogP contribution in [0.3, 0.4) is 0 Å². The lowest BCUT2D eigenvalue weighted by molar-refractivity contribution is -0.158. The van der Waals surface area contributed by atoms with Crippen LogP contribution >= 0.6 is 11.8 Å². The minimum Gasteiger partial charge on any atom is -0.504 e. The Balaban J connectivity index is 1.59. The first-order chi connectivity index (χ1) is 22.0. The van der Waals surface area contributed by atoms with E-state index in [1.807, 2.05) is 17.9 Å². The highest BCUT2D eigenvalue weighted by Gasteiger charge is 2.62. The van der Waals surface area contributed by atoms with Gasteiger partial charge in [-0.15, -0.1) is 0 Å². The molecule has 4 bridgehead atoms. The summed E-state index contributed by atoms with van der Waals surface area (Å²) in [4.78, 5) is 43.2. The molecule has 13 heteroatoms. The number of carbonyl (C=O) groups is 3. The van der Waals surface area contributed by atoms with E-state index in [-0.39, 0.29) is 31.0 Å². The maximum absolute atomic E-state index is 13.6. The second-order valence-electron chi connectivity index (χ2n) is 12.5. The largest absolute Gasteiger partial charge is 0.504 e. The summed E-state index contributed by atoms with van der Waals surface area (Å²) in [5, 5.41) is 22.2. The molecule has 5 aliphatic rings. The van der Waals surface area contributed by atoms with Crippen LogP contribution in [0.15, 0.2) is 6.07 Å². The first kappa shape index (κ1) is 30.5. The minimum atomic E-state index is -0.823. The molecule has 12 nitrogen and oxygen atoms in total. The van der Waals surface area contributed by atoms with Crippen LogP contribution in [-0.4, -0.2) is 77.1 Å². The average molecular weight is 650 g/mol. The summed E-state index contributed by atoms with van der Waals surface area (Å²) in [5.41, 5.74) is 4.02. The van der Waals surface area contributed by atoms with Gasteiger partial charge in [-0.25, -0.2) is 0 Å². The fraction of sp³-hybridized carbons (Fsp3) is 0.515. The molecule has 5 heterocycles. The fourth-order valence-electron chi connectivity index (χ4n) is 8.23. The van der Waals surface area contributed by atoms with E-state index in [9.17, 15) is 24.8 Å². The number of esters is 2. The van der Waals surface area contributed by atoms with Crippen molar-refractivity contribution in [3.8, 4) is 34.8 Å². The normalized spacial score (nSPS) is 29.1. The molecule has 0 spiro atoms. The summed E-state index contributed by atoms with van der Waals surface area (Å²) in [6.45, 7) is 8.09. The number of aryl methyl sites for hydroxylation is 1. The molecule has 1 N–H and O–H groups in total. The van der Waals surface area contributed by atoms with Crippen molar-refractivity contribution in [3.05, 3.63) is 39.4 Å². The molecular formula is C33H35N3O9S. The van der Waals surface area contributed by atoms with E-state index in [1.54, 1.807) is 18.7 Å². The second-order valence-corrected chi connectivity index (χ2v) is 13.7. The number of rotatable bonds is 2. The summed E-state index contributed by atoms with van der Waals surface area (Å²) in [6, 6.07) is 1.01. The number of amides is 1. The van der Waals surface area contributed by atoms with E-state index in [0.717, 1.165) is 11.1 Å². The molecule has 2 aromatic carbocycles. The van der Waals surface area contributed by atoms with Gasteiger partial charge in [0, 0.05) is 41.9 Å². The van der Waals surface area contributed by atoms with Crippen molar-refractivity contribution in [2.24, 2.45) is 5.92 Å². The van der Waals surface area contributed by atoms with Gasteiger partial charge in [0.05, 0.1) is 48.5 Å². The summed E-state index contributed by atoms with van der Waals surface area (Å²) in [7, 11) is 1.49. The molecule has 2 saturated heterocycles. The molecule has 5 aliphatic heterocycles. The van der Waals surface area contributed by atoms with Crippen molar-refractivity contribution in [1.29, 1.82) is 5.26 Å². The predicted octanol–water partition coefficient (Wildman–Crippen LogP) is 3.78. The SMILES string of the molecule is COc1c(C)cc2c(c1O)[C@H]1C3[C@@H]4SCC(C)C(=O)OCC(c5c6c(c(C)c(OC(C)=O)c54)OCO6)N3[C@@H](C#N)[C@@H](C2)N1C(C)=O. The quantitative estimate of drug-likeness (QED) is 0.373. The number of methoxy groups -OCH3 is 1. The number of fused-ring (bicyclic) bond motifs is 9. The number of ether oxygens (including phenoxy) is 5. The van der Waals surface area contributed by atoms with Crippen LogP contribution in [0.1, 0.15) is 71.5 Å². The predicted molar refractivity (Wildman–Crippen MR) is 164 cm³/mol. The zero-order valence-corrected chi connectivity index (χ0v) is 27.2. The summed E-state index contributed by atoms with van der Waals surface area (Å²) < 4.78 is 29.5. The lowest BCUT2D eigenvalue weighted by Crippen LogP contribution is -2.70. The molecule has 0 saturated carbocycles. The molecule has 7 rings (SSSR count). The molecule has 1 amide bonds. The Morgan fingerprint density at radius 3 is 2.52 bits per heavy atom. The van der Waals surface area contributed by atoms with Gasteiger partial charge in [-0.05, 0) is 31.4 Å². The molecule has 3 unspecified atom stereocenters. The van der Waals surface area contributed by atoms with Gasteiger partial charge >= 0.3 is 11.9 Å². The van der Waals surface area contributed by atoms with E-state index in [4.69, 9.17) is 23.7 Å². The smallest absolute Gasteiger partial charge is 0.309 e. The van der Waals surface area contributed by atoms with E-state index in [1.165, 1.54) is 32.7 Å². The van der Waals surface area contributed by atoms with Crippen molar-refractivity contribution in [2.45, 2.75) is 76.5 Å². The molecule has 0 aliphatic carbocycles. The van der Waals surface area contributed by atoms with Gasteiger partial charge in [0.2, 0.25) is 12.7 Å². The lowest BCUT2D eigenvalue weighted by atomic mass is 9.71. The molecule has 46 heavy (non-hydrogen) atoms. The number of hydrogen-bond acceptors (Lipinski definition) is 12. The van der Waals surface area contributed by atoms with Crippen molar-refractivity contribution in [2.75, 3.05) is 26.3 Å². The Bertz CT molecular complexity index is 1740. The zero-order chi connectivity index (χ0) is 32.8. The molecule has 0 aromatic heterocycles. The number of aromatic hydroxyl groups is 1. The molecule has 0 radical (unpaired) electrons. The van der Waals surface area contributed by atoms with Crippen LogP contribution in [0.2, 0.25) is 0 Å². The number of cyclic esters (lactones) is 1. The van der Waals surface area contributed by atoms with Crippen LogP contribution < -0.4 is 18.9 Å². The number of piperazine rings is 1. The fourth-order valence-corrected chi connectivity index (χ4v) is 9.75. The molecular weight excluding hydrogens is 614 g/mol. The highest BCUT2D eigenvalue weighted by molar-refractivity contribution is 7.99. The van der Waals surface area contributed by atoms with E-state index in [0.29, 0.717) is 57.4 Å². The van der Waals surface area contributed by atoms with E-state index >= 15 is 0 Å². The number of phenols is 1. The van der Waals surface area contributed by atoms with Crippen LogP contribution in [-0.2, 0) is 25.5 Å². The number of hydrogen-bond donors (Lipinski definition) is 1. The number of phenolic OH excluding ortho intramolecular Hbond substituents is 1. The maximum atomic E-state index is 13.6. The van der Waals surface area contributed by atoms with E-state index < -0.39 is 47.3 Å². The summed E-state index contributed by atoms with van der Waals surface area (Å²) >= 11 is 1.47. The highest BCUT2D eigenvalue weighted by Crippen LogP contribution is 2.64. The molecule has 2 aromatic rings. The van der Waals surface area contributed by atoms with Gasteiger partial charge in [0.15, 0.2) is 23.0 Å². The number of nitriles is 1. The zero-order valence-electron chi connectivity index (χ0n) is 26.4. The molecule has 242 valence electrons. The highest BCUT2D eigenvalue weighted by atomic mass is 32.2. The van der Waals surface area contributed by atoms with Crippen molar-refractivity contribution >= 4 is 29.6 Å². The van der Waals surface area contributed by atoms with Gasteiger partial charge in [-0.1, -0.05) is 13.0 Å². The van der Waals surface area contributed by atoms with Gasteiger partial charge in [0.1, 0.15) is 18.4 Å². The van der Waals surface area contributed by atoms with Gasteiger partial charge in [-0.2, -0.15) is 17.0 Å². The Morgan fingerprint density at radius 2 is 1.85 bits per heavy atom. The third-order valence-corrected chi connectivity index (χ3v) is 11.5. The Morgan fingerprint density at radius 1 is 1.11 bits per heavy atom. The Kier molecular flexibility index (Phi) is 7.28. The Labute approximate surface area is 270 Å². The van der Waals surface area contributed by atoms with Crippen LogP contribution in [0.4, 0.5) is 0 Å². The second kappa shape index (κ2) is 11.0. The maximum Gasteiger partial charge on any atom is 0.309 e. The third kappa shape index (κ3) is 4.19. The minimum absolute atomic E-state index is 0.0531. The third-order valence-electron chi connectivity index (χ3n) is 9.92.